The van der Waals surface area contributed by atoms with Crippen LogP contribution in [-0.4, -0.2) is 23.3 Å². The third-order valence-corrected chi connectivity index (χ3v) is 4.37. The highest BCUT2D eigenvalue weighted by atomic mass is 35.5. The highest BCUT2D eigenvalue weighted by Gasteiger charge is 2.22. The number of aromatic nitrogens is 2. The Morgan fingerprint density at radius 3 is 2.47 bits per heavy atom. The maximum absolute atomic E-state index is 12.2. The highest BCUT2D eigenvalue weighted by Crippen LogP contribution is 2.22. The van der Waals surface area contributed by atoms with Gasteiger partial charge in [-0.2, -0.15) is 13.5 Å². The van der Waals surface area contributed by atoms with Crippen molar-refractivity contribution in [1.82, 2.24) is 9.78 Å². The lowest BCUT2D eigenvalue weighted by Gasteiger charge is -2.09. The smallest absolute Gasteiger partial charge is 0.280 e. The maximum Gasteiger partial charge on any atom is 0.280 e. The molecule has 0 bridgehead atoms. The van der Waals surface area contributed by atoms with Crippen LogP contribution in [0.5, 0.6) is 0 Å². The first-order chi connectivity index (χ1) is 8.94. The van der Waals surface area contributed by atoms with E-state index in [1.54, 1.807) is 24.3 Å². The van der Waals surface area contributed by atoms with Crippen molar-refractivity contribution in [2.75, 3.05) is 4.72 Å². The summed E-state index contributed by atoms with van der Waals surface area (Å²) in [6, 6.07) is 6.38. The fourth-order valence-electron chi connectivity index (χ4n) is 1.58. The summed E-state index contributed by atoms with van der Waals surface area (Å²) in [7, 11) is -2.30. The molecule has 0 spiro atoms. The van der Waals surface area contributed by atoms with Crippen LogP contribution in [0.2, 0.25) is 5.02 Å². The summed E-state index contributed by atoms with van der Waals surface area (Å²) in [4.78, 5) is 0. The summed E-state index contributed by atoms with van der Waals surface area (Å²) in [6.45, 7) is -0.0966. The molecule has 0 fully saturated rings. The van der Waals surface area contributed by atoms with E-state index in [9.17, 15) is 8.42 Å². The summed E-state index contributed by atoms with van der Waals surface area (Å²) in [5, 5.41) is 12.7. The Hall–Kier alpha value is -1.57. The lowest BCUT2D eigenvalue weighted by atomic mass is 10.2. The van der Waals surface area contributed by atoms with E-state index in [0.717, 1.165) is 0 Å². The van der Waals surface area contributed by atoms with Crippen molar-refractivity contribution < 1.29 is 13.5 Å². The van der Waals surface area contributed by atoms with Gasteiger partial charge in [0.15, 0.2) is 5.03 Å². The number of aliphatic hydroxyl groups is 1. The summed E-state index contributed by atoms with van der Waals surface area (Å²) >= 11 is 5.81. The second kappa shape index (κ2) is 5.20. The van der Waals surface area contributed by atoms with Gasteiger partial charge in [-0.15, -0.1) is 0 Å². The van der Waals surface area contributed by atoms with Crippen LogP contribution in [0.25, 0.3) is 0 Å². The van der Waals surface area contributed by atoms with E-state index in [1.807, 2.05) is 0 Å². The minimum Gasteiger partial charge on any atom is -0.392 e. The molecule has 1 heterocycles. The van der Waals surface area contributed by atoms with Gasteiger partial charge < -0.3 is 5.11 Å². The third-order valence-electron chi connectivity index (χ3n) is 2.49. The van der Waals surface area contributed by atoms with Crippen molar-refractivity contribution >= 4 is 27.3 Å². The third kappa shape index (κ3) is 2.89. The van der Waals surface area contributed by atoms with Gasteiger partial charge in [0, 0.05) is 12.7 Å². The van der Waals surface area contributed by atoms with Gasteiger partial charge in [0.2, 0.25) is 0 Å². The quantitative estimate of drug-likeness (QED) is 0.893. The first-order valence-electron chi connectivity index (χ1n) is 5.34. The maximum atomic E-state index is 12.2. The number of anilines is 1. The molecule has 0 aliphatic heterocycles. The Balaban J connectivity index is 2.31. The molecule has 0 saturated carbocycles. The molecule has 0 aliphatic carbocycles. The molecule has 6 nitrogen and oxygen atoms in total. The highest BCUT2D eigenvalue weighted by molar-refractivity contribution is 7.92. The molecule has 102 valence electrons. The van der Waals surface area contributed by atoms with Crippen molar-refractivity contribution in [2.45, 2.75) is 11.6 Å². The van der Waals surface area contributed by atoms with Gasteiger partial charge in [0.05, 0.1) is 17.8 Å². The number of aliphatic hydroxyl groups excluding tert-OH is 1. The molecule has 0 radical (unpaired) electrons. The Morgan fingerprint density at radius 2 is 2.00 bits per heavy atom. The number of halogens is 1. The zero-order chi connectivity index (χ0) is 14.0. The minimum atomic E-state index is -3.79. The predicted octanol–water partition coefficient (Wildman–Crippen LogP) is 1.37. The summed E-state index contributed by atoms with van der Waals surface area (Å²) < 4.78 is 27.9. The number of hydrogen-bond acceptors (Lipinski definition) is 4. The van der Waals surface area contributed by atoms with Crippen LogP contribution in [0.4, 0.5) is 5.69 Å². The first kappa shape index (κ1) is 13.9. The molecular formula is C11H12ClN3O3S. The number of nitrogens with one attached hydrogen (secondary N) is 1. The zero-order valence-electron chi connectivity index (χ0n) is 10.0. The molecule has 2 rings (SSSR count). The molecule has 2 aromatic rings. The van der Waals surface area contributed by atoms with Crippen LogP contribution in [0.3, 0.4) is 0 Å². The summed E-state index contributed by atoms with van der Waals surface area (Å²) in [5.74, 6) is 0. The first-order valence-corrected chi connectivity index (χ1v) is 7.20. The van der Waals surface area contributed by atoms with Crippen molar-refractivity contribution in [3.05, 3.63) is 41.0 Å². The second-order valence-electron chi connectivity index (χ2n) is 3.88. The molecule has 1 aromatic carbocycles. The fourth-order valence-corrected chi connectivity index (χ4v) is 3.30. The van der Waals surface area contributed by atoms with Crippen molar-refractivity contribution in [3.63, 3.8) is 0 Å². The van der Waals surface area contributed by atoms with Crippen LogP contribution >= 0.6 is 11.6 Å². The standard InChI is InChI=1S/C11H12ClN3O3S/c1-15-11(10(12)6-13-15)19(17,18)14-9-4-2-8(7-16)3-5-9/h2-6,14,16H,7H2,1H3. The van der Waals surface area contributed by atoms with Gasteiger partial charge in [-0.1, -0.05) is 23.7 Å². The number of benzene rings is 1. The molecule has 2 N–H and O–H groups in total. The number of aryl methyl sites for hydroxylation is 1. The topological polar surface area (TPSA) is 84.2 Å². The van der Waals surface area contributed by atoms with Crippen molar-refractivity contribution in [3.8, 4) is 0 Å². The Labute approximate surface area is 115 Å². The lowest BCUT2D eigenvalue weighted by Crippen LogP contribution is -2.17. The molecule has 0 aliphatic rings. The van der Waals surface area contributed by atoms with E-state index in [4.69, 9.17) is 16.7 Å². The molecule has 0 unspecified atom stereocenters. The number of sulfonamides is 1. The van der Waals surface area contributed by atoms with Crippen LogP contribution in [0, 0.1) is 0 Å². The molecule has 19 heavy (non-hydrogen) atoms. The van der Waals surface area contributed by atoms with E-state index in [1.165, 1.54) is 17.9 Å². The van der Waals surface area contributed by atoms with Crippen LogP contribution in [-0.2, 0) is 23.7 Å². The molecule has 0 saturated heterocycles. The average Bonchev–Trinajstić information content (AvgIpc) is 2.70. The van der Waals surface area contributed by atoms with Crippen molar-refractivity contribution in [1.29, 1.82) is 0 Å². The SMILES string of the molecule is Cn1ncc(Cl)c1S(=O)(=O)Nc1ccc(CO)cc1. The minimum absolute atomic E-state index is 0.0574. The monoisotopic (exact) mass is 301 g/mol. The lowest BCUT2D eigenvalue weighted by molar-refractivity contribution is 0.282. The molecule has 0 amide bonds. The number of hydrogen-bond donors (Lipinski definition) is 2. The van der Waals surface area contributed by atoms with Crippen LogP contribution < -0.4 is 4.72 Å². The Morgan fingerprint density at radius 1 is 1.37 bits per heavy atom. The van der Waals surface area contributed by atoms with E-state index in [0.29, 0.717) is 11.3 Å². The predicted molar refractivity (Wildman–Crippen MR) is 71.4 cm³/mol. The van der Waals surface area contributed by atoms with Crippen LogP contribution in [0.15, 0.2) is 35.5 Å². The molecule has 0 atom stereocenters. The van der Waals surface area contributed by atoms with Crippen molar-refractivity contribution in [2.24, 2.45) is 7.05 Å². The molecule has 1 aromatic heterocycles. The molecular weight excluding hydrogens is 290 g/mol. The normalized spacial score (nSPS) is 11.5. The second-order valence-corrected chi connectivity index (χ2v) is 5.89. The van der Waals surface area contributed by atoms with E-state index in [-0.39, 0.29) is 16.7 Å². The van der Waals surface area contributed by atoms with Gasteiger partial charge in [-0.3, -0.25) is 9.40 Å². The Kier molecular flexibility index (Phi) is 3.79. The van der Waals surface area contributed by atoms with Gasteiger partial charge >= 0.3 is 0 Å². The summed E-state index contributed by atoms with van der Waals surface area (Å²) in [6.07, 6.45) is 1.27. The van der Waals surface area contributed by atoms with Gasteiger partial charge in [-0.25, -0.2) is 0 Å². The van der Waals surface area contributed by atoms with Gasteiger partial charge in [-0.05, 0) is 17.7 Å². The number of nitrogens with zero attached hydrogens (tertiary/aromatic N) is 2. The largest absolute Gasteiger partial charge is 0.392 e. The van der Waals surface area contributed by atoms with Crippen LogP contribution in [0.1, 0.15) is 5.56 Å². The van der Waals surface area contributed by atoms with Gasteiger partial charge in [0.1, 0.15) is 0 Å². The van der Waals surface area contributed by atoms with E-state index in [2.05, 4.69) is 9.82 Å². The fraction of sp³-hybridized carbons (Fsp3) is 0.182. The van der Waals surface area contributed by atoms with Gasteiger partial charge in [0.25, 0.3) is 10.0 Å². The number of rotatable bonds is 4. The van der Waals surface area contributed by atoms with E-state index < -0.39 is 10.0 Å². The van der Waals surface area contributed by atoms with E-state index >= 15 is 0 Å². The average molecular weight is 302 g/mol. The Bertz CT molecular complexity index is 660. The molecule has 8 heteroatoms. The summed E-state index contributed by atoms with van der Waals surface area (Å²) in [5.41, 5.74) is 1.08. The zero-order valence-corrected chi connectivity index (χ0v) is 11.6.